The molecular weight excluding hydrogens is 266 g/mol. The SMILES string of the molecule is O=C1C(C=C2C=NCO2)=C(O)c2cc3ccccc3cc21. The first kappa shape index (κ1) is 11.9. The van der Waals surface area contributed by atoms with E-state index in [9.17, 15) is 9.90 Å². The average Bonchev–Trinajstić information content (AvgIpc) is 3.09. The first-order valence-electron chi connectivity index (χ1n) is 6.59. The fourth-order valence-corrected chi connectivity index (χ4v) is 2.65. The molecule has 0 unspecified atom stereocenters. The molecule has 0 bridgehead atoms. The molecule has 0 atom stereocenters. The van der Waals surface area contributed by atoms with Crippen molar-refractivity contribution in [3.63, 3.8) is 0 Å². The van der Waals surface area contributed by atoms with E-state index in [1.807, 2.05) is 36.4 Å². The predicted molar refractivity (Wildman–Crippen MR) is 80.4 cm³/mol. The Kier molecular flexibility index (Phi) is 2.44. The van der Waals surface area contributed by atoms with Crippen LogP contribution in [0.15, 0.2) is 58.8 Å². The topological polar surface area (TPSA) is 58.9 Å². The molecule has 21 heavy (non-hydrogen) atoms. The van der Waals surface area contributed by atoms with Crippen LogP contribution in [-0.4, -0.2) is 23.8 Å². The lowest BCUT2D eigenvalue weighted by Gasteiger charge is -2.02. The minimum Gasteiger partial charge on any atom is -0.507 e. The van der Waals surface area contributed by atoms with Crippen molar-refractivity contribution in [2.45, 2.75) is 0 Å². The number of benzene rings is 2. The Labute approximate surface area is 120 Å². The van der Waals surface area contributed by atoms with Crippen molar-refractivity contribution in [3.05, 3.63) is 64.9 Å². The number of Topliss-reactive ketones (excluding diaryl/α,β-unsaturated/α-hetero) is 1. The van der Waals surface area contributed by atoms with E-state index in [1.165, 1.54) is 0 Å². The normalized spacial score (nSPS) is 18.7. The molecular formula is C17H11NO3. The minimum atomic E-state index is -0.190. The lowest BCUT2D eigenvalue weighted by atomic mass is 10.0. The largest absolute Gasteiger partial charge is 0.507 e. The van der Waals surface area contributed by atoms with Crippen molar-refractivity contribution in [1.82, 2.24) is 0 Å². The highest BCUT2D eigenvalue weighted by atomic mass is 16.5. The van der Waals surface area contributed by atoms with Gasteiger partial charge in [-0.25, -0.2) is 4.99 Å². The minimum absolute atomic E-state index is 0.00264. The number of carbonyl (C=O) groups is 1. The van der Waals surface area contributed by atoms with E-state index >= 15 is 0 Å². The first-order chi connectivity index (χ1) is 10.2. The fraction of sp³-hybridized carbons (Fsp3) is 0.0588. The molecule has 102 valence electrons. The zero-order chi connectivity index (χ0) is 14.4. The number of ether oxygens (including phenoxy) is 1. The summed E-state index contributed by atoms with van der Waals surface area (Å²) in [5.74, 6) is 0.295. The van der Waals surface area contributed by atoms with Crippen LogP contribution in [0, 0.1) is 0 Å². The third-order valence-electron chi connectivity index (χ3n) is 3.70. The second-order valence-corrected chi connectivity index (χ2v) is 4.97. The van der Waals surface area contributed by atoms with E-state index < -0.39 is 0 Å². The van der Waals surface area contributed by atoms with E-state index in [1.54, 1.807) is 12.3 Å². The number of aliphatic hydroxyl groups excluding tert-OH is 1. The van der Waals surface area contributed by atoms with Crippen LogP contribution in [0.5, 0.6) is 0 Å². The van der Waals surface area contributed by atoms with E-state index in [2.05, 4.69) is 4.99 Å². The van der Waals surface area contributed by atoms with Gasteiger partial charge in [0.25, 0.3) is 0 Å². The van der Waals surface area contributed by atoms with Crippen molar-refractivity contribution in [1.29, 1.82) is 0 Å². The van der Waals surface area contributed by atoms with Crippen LogP contribution in [0.2, 0.25) is 0 Å². The molecule has 1 heterocycles. The average molecular weight is 277 g/mol. The van der Waals surface area contributed by atoms with Crippen LogP contribution in [0.4, 0.5) is 0 Å². The fourth-order valence-electron chi connectivity index (χ4n) is 2.65. The molecule has 0 saturated carbocycles. The Morgan fingerprint density at radius 2 is 1.86 bits per heavy atom. The molecule has 1 aliphatic heterocycles. The summed E-state index contributed by atoms with van der Waals surface area (Å²) in [6.45, 7) is 0.255. The second kappa shape index (κ2) is 4.31. The van der Waals surface area contributed by atoms with Crippen LogP contribution in [0.3, 0.4) is 0 Å². The molecule has 0 saturated heterocycles. The zero-order valence-electron chi connectivity index (χ0n) is 11.0. The number of hydrogen-bond donors (Lipinski definition) is 1. The summed E-state index contributed by atoms with van der Waals surface area (Å²) in [5.41, 5.74) is 1.34. The number of allylic oxidation sites excluding steroid dienone is 3. The van der Waals surface area contributed by atoms with E-state index in [-0.39, 0.29) is 23.8 Å². The number of rotatable bonds is 1. The van der Waals surface area contributed by atoms with Gasteiger partial charge in [-0.2, -0.15) is 0 Å². The Bertz CT molecular complexity index is 875. The molecule has 2 aromatic carbocycles. The maximum Gasteiger partial charge on any atom is 0.197 e. The lowest BCUT2D eigenvalue weighted by molar-refractivity contribution is 0.104. The molecule has 0 amide bonds. The molecule has 4 rings (SSSR count). The molecule has 1 N–H and O–H groups in total. The Hall–Kier alpha value is -2.88. The molecule has 0 aromatic heterocycles. The van der Waals surface area contributed by atoms with Crippen molar-refractivity contribution < 1.29 is 14.6 Å². The van der Waals surface area contributed by atoms with Gasteiger partial charge >= 0.3 is 0 Å². The Morgan fingerprint density at radius 1 is 1.14 bits per heavy atom. The van der Waals surface area contributed by atoms with Gasteiger partial charge in [0.1, 0.15) is 11.5 Å². The zero-order valence-corrected chi connectivity index (χ0v) is 11.0. The molecule has 2 aliphatic rings. The molecule has 1 aliphatic carbocycles. The third-order valence-corrected chi connectivity index (χ3v) is 3.70. The van der Waals surface area contributed by atoms with Crippen molar-refractivity contribution >= 4 is 28.5 Å². The van der Waals surface area contributed by atoms with E-state index in [0.717, 1.165) is 10.8 Å². The molecule has 0 fully saturated rings. The number of hydrogen-bond acceptors (Lipinski definition) is 4. The summed E-state index contributed by atoms with van der Waals surface area (Å²) in [6, 6.07) is 11.4. The second-order valence-electron chi connectivity index (χ2n) is 4.97. The van der Waals surface area contributed by atoms with Gasteiger partial charge in [-0.3, -0.25) is 4.79 Å². The summed E-state index contributed by atoms with van der Waals surface area (Å²) in [7, 11) is 0. The molecule has 4 nitrogen and oxygen atoms in total. The van der Waals surface area contributed by atoms with Crippen LogP contribution in [-0.2, 0) is 4.74 Å². The van der Waals surface area contributed by atoms with Crippen LogP contribution >= 0.6 is 0 Å². The highest BCUT2D eigenvalue weighted by molar-refractivity contribution is 6.23. The summed E-state index contributed by atoms with van der Waals surface area (Å²) in [4.78, 5) is 16.4. The lowest BCUT2D eigenvalue weighted by Crippen LogP contribution is -1.98. The van der Waals surface area contributed by atoms with Crippen LogP contribution in [0.1, 0.15) is 15.9 Å². The highest BCUT2D eigenvalue weighted by Crippen LogP contribution is 2.35. The van der Waals surface area contributed by atoms with E-state index in [0.29, 0.717) is 16.9 Å². The van der Waals surface area contributed by atoms with Gasteiger partial charge in [-0.1, -0.05) is 24.3 Å². The number of carbonyl (C=O) groups excluding carboxylic acids is 1. The van der Waals surface area contributed by atoms with Crippen LogP contribution in [0.25, 0.3) is 16.5 Å². The van der Waals surface area contributed by atoms with Gasteiger partial charge in [0.2, 0.25) is 0 Å². The van der Waals surface area contributed by atoms with Gasteiger partial charge < -0.3 is 9.84 Å². The van der Waals surface area contributed by atoms with Crippen molar-refractivity contribution in [2.24, 2.45) is 4.99 Å². The third kappa shape index (κ3) is 1.76. The number of fused-ring (bicyclic) bond motifs is 2. The monoisotopic (exact) mass is 277 g/mol. The summed E-state index contributed by atoms with van der Waals surface area (Å²) < 4.78 is 5.23. The number of nitrogens with zero attached hydrogens (tertiary/aromatic N) is 1. The number of aliphatic hydroxyl groups is 1. The van der Waals surface area contributed by atoms with Gasteiger partial charge in [0.05, 0.1) is 11.8 Å². The van der Waals surface area contributed by atoms with Gasteiger partial charge in [0.15, 0.2) is 12.5 Å². The number of ketones is 1. The standard InChI is InChI=1S/C17H11NO3/c19-16-13-5-10-3-1-2-4-11(10)6-14(13)17(20)15(16)7-12-8-18-9-21-12/h1-8,19H,9H2. The number of aliphatic imine (C=N–C) groups is 1. The molecule has 0 spiro atoms. The molecule has 4 heteroatoms. The summed E-state index contributed by atoms with van der Waals surface area (Å²) in [5, 5.41) is 12.3. The van der Waals surface area contributed by atoms with Crippen LogP contribution < -0.4 is 0 Å². The molecule has 0 radical (unpaired) electrons. The highest BCUT2D eigenvalue weighted by Gasteiger charge is 2.29. The van der Waals surface area contributed by atoms with Gasteiger partial charge in [0, 0.05) is 11.1 Å². The van der Waals surface area contributed by atoms with E-state index in [4.69, 9.17) is 4.74 Å². The first-order valence-corrected chi connectivity index (χ1v) is 6.59. The smallest absolute Gasteiger partial charge is 0.197 e. The molecule has 2 aromatic rings. The summed E-state index contributed by atoms with van der Waals surface area (Å²) >= 11 is 0. The van der Waals surface area contributed by atoms with Gasteiger partial charge in [-0.05, 0) is 29.0 Å². The van der Waals surface area contributed by atoms with Crippen molar-refractivity contribution in [2.75, 3.05) is 6.73 Å². The maximum atomic E-state index is 12.5. The Morgan fingerprint density at radius 3 is 2.52 bits per heavy atom. The quantitative estimate of drug-likeness (QED) is 0.870. The van der Waals surface area contributed by atoms with Crippen molar-refractivity contribution in [3.8, 4) is 0 Å². The summed E-state index contributed by atoms with van der Waals surface area (Å²) in [6.07, 6.45) is 3.09. The van der Waals surface area contributed by atoms with Gasteiger partial charge in [-0.15, -0.1) is 0 Å². The maximum absolute atomic E-state index is 12.5. The Balaban J connectivity index is 1.89. The predicted octanol–water partition coefficient (Wildman–Crippen LogP) is 3.25.